The predicted molar refractivity (Wildman–Crippen MR) is 168 cm³/mol. The Balaban J connectivity index is 1.21. The Labute approximate surface area is 272 Å². The molecule has 4 fully saturated rings. The number of ether oxygens (including phenoxy) is 3. The van der Waals surface area contributed by atoms with Crippen molar-refractivity contribution >= 4 is 46.5 Å². The number of carbonyl (C=O) groups is 3. The highest BCUT2D eigenvalue weighted by molar-refractivity contribution is 8.00. The summed E-state index contributed by atoms with van der Waals surface area (Å²) < 4.78 is 31.9. The quantitative estimate of drug-likeness (QED) is 0.368. The van der Waals surface area contributed by atoms with E-state index in [2.05, 4.69) is 0 Å². The Kier molecular flexibility index (Phi) is 7.26. The summed E-state index contributed by atoms with van der Waals surface area (Å²) in [6.07, 6.45) is 0.724. The molecule has 2 bridgehead atoms. The molecule has 0 spiro atoms. The van der Waals surface area contributed by atoms with Gasteiger partial charge in [0.2, 0.25) is 17.7 Å². The molecule has 3 aliphatic heterocycles. The van der Waals surface area contributed by atoms with Crippen LogP contribution in [0.25, 0.3) is 0 Å². The Hall–Kier alpha value is -3.68. The van der Waals surface area contributed by atoms with Crippen molar-refractivity contribution in [2.75, 3.05) is 45.4 Å². The van der Waals surface area contributed by atoms with Crippen molar-refractivity contribution in [1.29, 1.82) is 0 Å². The Bertz CT molecular complexity index is 1800. The van der Waals surface area contributed by atoms with E-state index in [9.17, 15) is 23.6 Å². The number of hydrogen-bond acceptors (Lipinski definition) is 9. The van der Waals surface area contributed by atoms with Gasteiger partial charge in [-0.05, 0) is 66.1 Å². The lowest BCUT2D eigenvalue weighted by molar-refractivity contribution is -0.136. The van der Waals surface area contributed by atoms with Gasteiger partial charge in [-0.1, -0.05) is 17.4 Å². The number of amides is 3. The van der Waals surface area contributed by atoms with E-state index in [-0.39, 0.29) is 58.1 Å². The van der Waals surface area contributed by atoms with E-state index in [1.54, 1.807) is 35.4 Å². The Morgan fingerprint density at radius 1 is 0.957 bits per heavy atom. The minimum Gasteiger partial charge on any atom is -0.493 e. The lowest BCUT2D eigenvalue weighted by Gasteiger charge is -2.43. The number of nitrogens with zero attached hydrogens (tertiary/aromatic N) is 3. The Morgan fingerprint density at radius 2 is 1.65 bits per heavy atom. The third-order valence-electron chi connectivity index (χ3n) is 10.5. The van der Waals surface area contributed by atoms with E-state index in [0.717, 1.165) is 33.2 Å². The van der Waals surface area contributed by atoms with Crippen molar-refractivity contribution in [2.45, 2.75) is 29.2 Å². The minimum atomic E-state index is -0.490. The van der Waals surface area contributed by atoms with Gasteiger partial charge in [-0.25, -0.2) is 4.39 Å². The fraction of sp³-hybridized carbons (Fsp3) is 0.455. The molecule has 2 aliphatic carbocycles. The van der Waals surface area contributed by atoms with Crippen LogP contribution in [0.1, 0.15) is 22.8 Å². The van der Waals surface area contributed by atoms with Gasteiger partial charge in [0.25, 0.3) is 0 Å². The molecule has 0 N–H and O–H groups in total. The zero-order chi connectivity index (χ0) is 31.9. The number of thiazole rings is 1. The van der Waals surface area contributed by atoms with E-state index in [0.29, 0.717) is 43.5 Å². The number of aromatic nitrogens is 1. The van der Waals surface area contributed by atoms with Crippen LogP contribution in [0, 0.1) is 35.4 Å². The van der Waals surface area contributed by atoms with Crippen LogP contribution in [0.4, 0.5) is 10.1 Å². The lowest BCUT2D eigenvalue weighted by Crippen LogP contribution is -2.44. The first-order valence-corrected chi connectivity index (χ1v) is 17.1. The van der Waals surface area contributed by atoms with Gasteiger partial charge in [0.05, 0.1) is 50.0 Å². The third-order valence-corrected chi connectivity index (χ3v) is 13.2. The summed E-state index contributed by atoms with van der Waals surface area (Å²) in [5, 5.41) is 0.703. The smallest absolute Gasteiger partial charge is 0.308 e. The van der Waals surface area contributed by atoms with Gasteiger partial charge < -0.3 is 19.1 Å². The van der Waals surface area contributed by atoms with Gasteiger partial charge in [-0.2, -0.15) is 0 Å². The Morgan fingerprint density at radius 3 is 2.35 bits per heavy atom. The zero-order valence-corrected chi connectivity index (χ0v) is 26.9. The van der Waals surface area contributed by atoms with Gasteiger partial charge in [0, 0.05) is 29.1 Å². The first kappa shape index (κ1) is 29.7. The fourth-order valence-corrected chi connectivity index (χ4v) is 11.7. The lowest BCUT2D eigenvalue weighted by atomic mass is 9.68. The fourth-order valence-electron chi connectivity index (χ4n) is 8.57. The summed E-state index contributed by atoms with van der Waals surface area (Å²) in [6.45, 7) is 1.84. The summed E-state index contributed by atoms with van der Waals surface area (Å²) in [5.41, 5.74) is 1.31. The summed E-state index contributed by atoms with van der Waals surface area (Å²) in [5.74, 6) is -1.37. The molecule has 13 heteroatoms. The molecule has 8 rings (SSSR count). The number of fused-ring (bicyclic) bond motifs is 9. The van der Waals surface area contributed by atoms with E-state index < -0.39 is 17.7 Å². The van der Waals surface area contributed by atoms with E-state index >= 15 is 0 Å². The van der Waals surface area contributed by atoms with E-state index in [1.165, 1.54) is 29.2 Å². The van der Waals surface area contributed by atoms with Crippen LogP contribution in [0.5, 0.6) is 11.5 Å². The highest BCUT2D eigenvalue weighted by atomic mass is 32.2. The molecule has 240 valence electrons. The van der Waals surface area contributed by atoms with Crippen molar-refractivity contribution < 1.29 is 33.0 Å². The van der Waals surface area contributed by atoms with Crippen LogP contribution >= 0.6 is 23.1 Å². The molecule has 0 radical (unpaired) electrons. The molecule has 10 nitrogen and oxygen atoms in total. The average molecular weight is 666 g/mol. The summed E-state index contributed by atoms with van der Waals surface area (Å²) >= 11 is 2.74. The maximum Gasteiger partial charge on any atom is 0.308 e. The van der Waals surface area contributed by atoms with Crippen LogP contribution < -0.4 is 19.2 Å². The number of morpholine rings is 1. The normalized spacial score (nSPS) is 29.5. The van der Waals surface area contributed by atoms with Gasteiger partial charge in [0.1, 0.15) is 12.4 Å². The molecular weight excluding hydrogens is 634 g/mol. The monoisotopic (exact) mass is 665 g/mol. The third kappa shape index (κ3) is 4.38. The first-order chi connectivity index (χ1) is 22.3. The number of hydrogen-bond donors (Lipinski definition) is 0. The molecular formula is C33H32FN3O7S2. The zero-order valence-electron chi connectivity index (χ0n) is 25.2. The molecule has 3 aromatic rings. The predicted octanol–water partition coefficient (Wildman–Crippen LogP) is 3.60. The standard InChI is InChI=1S/C33H32FN3O7S2/c1-42-21-8-3-16(13-22(21)43-2)24-25-19-14-20(27-26(19)30(39)37(31(27)40)18-6-4-17(34)5-7-18)28(25)45-32-29(24)46-33(41)36(32)15-23(38)35-9-11-44-12-10-35/h3-8,13,19-20,24-28H,9-12,14-15H2,1-2H3. The van der Waals surface area contributed by atoms with Crippen LogP contribution in [0.3, 0.4) is 0 Å². The molecule has 3 amide bonds. The summed E-state index contributed by atoms with van der Waals surface area (Å²) in [6, 6.07) is 11.2. The number of imide groups is 1. The molecule has 4 heterocycles. The number of halogens is 1. The van der Waals surface area contributed by atoms with E-state index in [4.69, 9.17) is 14.2 Å². The summed E-state index contributed by atoms with van der Waals surface area (Å²) in [7, 11) is 3.15. The number of methoxy groups -OCH3 is 2. The maximum absolute atomic E-state index is 14.0. The number of rotatable bonds is 6. The highest BCUT2D eigenvalue weighted by Crippen LogP contribution is 2.69. The van der Waals surface area contributed by atoms with Gasteiger partial charge in [0.15, 0.2) is 11.5 Å². The topological polar surface area (TPSA) is 107 Å². The first-order valence-electron chi connectivity index (χ1n) is 15.4. The van der Waals surface area contributed by atoms with Crippen molar-refractivity contribution in [3.63, 3.8) is 0 Å². The number of anilines is 1. The number of benzene rings is 2. The van der Waals surface area contributed by atoms with Crippen LogP contribution in [-0.4, -0.2) is 73.0 Å². The van der Waals surface area contributed by atoms with E-state index in [1.807, 2.05) is 18.2 Å². The van der Waals surface area contributed by atoms with Crippen LogP contribution in [0.15, 0.2) is 52.3 Å². The second-order valence-electron chi connectivity index (χ2n) is 12.5. The maximum atomic E-state index is 14.0. The SMILES string of the molecule is COc1ccc(C2c3sc(=O)n(CC(=O)N4CCOCC4)c3SC3C4CC(C5C(=O)N(c6ccc(F)cc6)C(=O)C45)C23)cc1OC. The molecule has 2 saturated carbocycles. The molecule has 7 unspecified atom stereocenters. The van der Waals surface area contributed by atoms with Crippen molar-refractivity contribution in [3.8, 4) is 11.5 Å². The van der Waals surface area contributed by atoms with Gasteiger partial charge in [-0.3, -0.25) is 28.6 Å². The average Bonchev–Trinajstić information content (AvgIpc) is 3.80. The highest BCUT2D eigenvalue weighted by Gasteiger charge is 2.70. The van der Waals surface area contributed by atoms with Crippen LogP contribution in [0.2, 0.25) is 0 Å². The van der Waals surface area contributed by atoms with Crippen molar-refractivity contribution in [2.24, 2.45) is 29.6 Å². The number of thioether (sulfide) groups is 1. The van der Waals surface area contributed by atoms with Crippen molar-refractivity contribution in [3.05, 3.63) is 68.4 Å². The van der Waals surface area contributed by atoms with Crippen molar-refractivity contribution in [1.82, 2.24) is 9.47 Å². The summed E-state index contributed by atoms with van der Waals surface area (Å²) in [4.78, 5) is 58.6. The second-order valence-corrected chi connectivity index (χ2v) is 14.6. The molecule has 2 saturated heterocycles. The second kappa shape index (κ2) is 11.2. The van der Waals surface area contributed by atoms with Gasteiger partial charge in [-0.15, -0.1) is 11.8 Å². The minimum absolute atomic E-state index is 0.0341. The molecule has 2 aromatic carbocycles. The number of carbonyl (C=O) groups excluding carboxylic acids is 3. The molecule has 46 heavy (non-hydrogen) atoms. The molecule has 5 aliphatic rings. The molecule has 1 aromatic heterocycles. The van der Waals surface area contributed by atoms with Gasteiger partial charge >= 0.3 is 4.87 Å². The largest absolute Gasteiger partial charge is 0.493 e. The van der Waals surface area contributed by atoms with Crippen LogP contribution in [-0.2, 0) is 25.7 Å². The molecule has 7 atom stereocenters.